The largest absolute Gasteiger partial charge is 0.309 e. The molecule has 6 aromatic carbocycles. The number of benzene rings is 6. The van der Waals surface area contributed by atoms with Crippen LogP contribution in [0.4, 0.5) is 0 Å². The van der Waals surface area contributed by atoms with Crippen molar-refractivity contribution in [1.29, 1.82) is 0 Å². The van der Waals surface area contributed by atoms with E-state index in [4.69, 9.17) is 15.0 Å². The Balaban J connectivity index is 1.13. The Morgan fingerprint density at radius 2 is 1.19 bits per heavy atom. The molecule has 0 spiro atoms. The van der Waals surface area contributed by atoms with Gasteiger partial charge in [-0.05, 0) is 72.5 Å². The van der Waals surface area contributed by atoms with Crippen LogP contribution in [0.25, 0.3) is 97.2 Å². The number of hydrogen-bond acceptors (Lipinski definition) is 5. The predicted molar refractivity (Wildman–Crippen MR) is 221 cm³/mol. The van der Waals surface area contributed by atoms with E-state index in [1.807, 2.05) is 59.1 Å². The molecular formula is C46H30N4S2. The number of fused-ring (bicyclic) bond motifs is 9. The minimum Gasteiger partial charge on any atom is -0.309 e. The average molecular weight is 703 g/mol. The van der Waals surface area contributed by atoms with Crippen molar-refractivity contribution in [3.63, 3.8) is 0 Å². The van der Waals surface area contributed by atoms with Crippen molar-refractivity contribution in [1.82, 2.24) is 19.5 Å². The summed E-state index contributed by atoms with van der Waals surface area (Å²) in [7, 11) is 0. The molecule has 1 unspecified atom stereocenters. The summed E-state index contributed by atoms with van der Waals surface area (Å²) < 4.78 is 7.68. The molecule has 0 bridgehead atoms. The van der Waals surface area contributed by atoms with E-state index in [2.05, 4.69) is 121 Å². The Hall–Kier alpha value is -5.95. The molecule has 1 aliphatic rings. The van der Waals surface area contributed by atoms with Crippen LogP contribution in [0.1, 0.15) is 30.5 Å². The third kappa shape index (κ3) is 4.54. The lowest BCUT2D eigenvalue weighted by Crippen LogP contribution is -2.03. The number of para-hydroxylation sites is 1. The monoisotopic (exact) mass is 702 g/mol. The van der Waals surface area contributed by atoms with Crippen LogP contribution in [0.5, 0.6) is 0 Å². The highest BCUT2D eigenvalue weighted by Gasteiger charge is 2.24. The highest BCUT2D eigenvalue weighted by molar-refractivity contribution is 7.28. The van der Waals surface area contributed by atoms with Gasteiger partial charge in [-0.15, -0.1) is 22.7 Å². The molecule has 10 aromatic rings. The number of thiophene rings is 2. The second-order valence-electron chi connectivity index (χ2n) is 13.6. The van der Waals surface area contributed by atoms with Crippen LogP contribution in [-0.2, 0) is 0 Å². The normalized spacial score (nSPS) is 14.3. The number of allylic oxidation sites excluding steroid dienone is 1. The van der Waals surface area contributed by atoms with E-state index >= 15 is 0 Å². The first-order chi connectivity index (χ1) is 25.7. The predicted octanol–water partition coefficient (Wildman–Crippen LogP) is 13.1. The van der Waals surface area contributed by atoms with Crippen LogP contribution in [-0.4, -0.2) is 19.5 Å². The van der Waals surface area contributed by atoms with Gasteiger partial charge in [0.25, 0.3) is 0 Å². The van der Waals surface area contributed by atoms with E-state index in [1.54, 1.807) is 0 Å². The van der Waals surface area contributed by atoms with Gasteiger partial charge in [-0.3, -0.25) is 0 Å². The Kier molecular flexibility index (Phi) is 6.60. The minimum absolute atomic E-state index is 0.479. The fraction of sp³-hybridized carbons (Fsp3) is 0.0652. The summed E-state index contributed by atoms with van der Waals surface area (Å²) >= 11 is 3.74. The van der Waals surface area contributed by atoms with Gasteiger partial charge in [0.15, 0.2) is 17.5 Å². The van der Waals surface area contributed by atoms with E-state index in [0.717, 1.165) is 23.1 Å². The summed E-state index contributed by atoms with van der Waals surface area (Å²) in [6.45, 7) is 2.36. The van der Waals surface area contributed by atoms with E-state index < -0.39 is 0 Å². The van der Waals surface area contributed by atoms with Gasteiger partial charge in [-0.1, -0.05) is 97.9 Å². The molecule has 0 N–H and O–H groups in total. The lowest BCUT2D eigenvalue weighted by atomic mass is 9.91. The second-order valence-corrected chi connectivity index (χ2v) is 15.8. The van der Waals surface area contributed by atoms with Gasteiger partial charge >= 0.3 is 0 Å². The van der Waals surface area contributed by atoms with E-state index in [1.165, 1.54) is 68.2 Å². The van der Waals surface area contributed by atoms with Crippen molar-refractivity contribution in [3.8, 4) is 39.9 Å². The van der Waals surface area contributed by atoms with Crippen LogP contribution in [0, 0.1) is 0 Å². The summed E-state index contributed by atoms with van der Waals surface area (Å²) in [5.41, 5.74) is 8.19. The number of aromatic nitrogens is 4. The molecule has 52 heavy (non-hydrogen) atoms. The summed E-state index contributed by atoms with van der Waals surface area (Å²) in [6.07, 6.45) is 5.75. The van der Waals surface area contributed by atoms with Crippen molar-refractivity contribution in [2.24, 2.45) is 0 Å². The zero-order valence-corrected chi connectivity index (χ0v) is 29.9. The molecule has 4 aromatic heterocycles. The topological polar surface area (TPSA) is 43.6 Å². The van der Waals surface area contributed by atoms with Gasteiger partial charge in [-0.2, -0.15) is 0 Å². The summed E-state index contributed by atoms with van der Waals surface area (Å²) in [6, 6.07) is 47.5. The molecule has 0 amide bonds. The van der Waals surface area contributed by atoms with Crippen LogP contribution in [0.15, 0.2) is 140 Å². The fourth-order valence-electron chi connectivity index (χ4n) is 8.07. The van der Waals surface area contributed by atoms with Crippen LogP contribution in [0.2, 0.25) is 0 Å². The molecule has 11 rings (SSSR count). The molecule has 1 atom stereocenters. The van der Waals surface area contributed by atoms with Crippen molar-refractivity contribution in [2.75, 3.05) is 0 Å². The van der Waals surface area contributed by atoms with Gasteiger partial charge in [-0.25, -0.2) is 15.0 Å². The van der Waals surface area contributed by atoms with Crippen molar-refractivity contribution >= 4 is 80.0 Å². The standard InChI is InChI=1S/C46H30N4S2/c1-27-12-10-19-36-42(27)31-17-8-9-18-35(31)50(36)37-20-11-21-39-43(37)34-25-33-32-24-30(22-23-38(32)51-40(33)26-41(34)52-39)46-48-44(28-13-4-2-5-14-28)47-45(49-46)29-15-6-3-7-16-29/h2-11,13-27H,12H2,1H3. The van der Waals surface area contributed by atoms with Gasteiger partial charge in [0.05, 0.1) is 16.9 Å². The van der Waals surface area contributed by atoms with Crippen molar-refractivity contribution in [3.05, 3.63) is 151 Å². The zero-order chi connectivity index (χ0) is 34.3. The lowest BCUT2D eigenvalue weighted by molar-refractivity contribution is 0.773. The zero-order valence-electron chi connectivity index (χ0n) is 28.2. The number of rotatable bonds is 4. The van der Waals surface area contributed by atoms with Crippen LogP contribution >= 0.6 is 22.7 Å². The van der Waals surface area contributed by atoms with Crippen LogP contribution in [0.3, 0.4) is 0 Å². The maximum Gasteiger partial charge on any atom is 0.164 e. The van der Waals surface area contributed by atoms with Gasteiger partial charge < -0.3 is 4.57 Å². The van der Waals surface area contributed by atoms with Crippen molar-refractivity contribution < 1.29 is 0 Å². The summed E-state index contributed by atoms with van der Waals surface area (Å²) in [5.74, 6) is 2.49. The first kappa shape index (κ1) is 29.7. The lowest BCUT2D eigenvalue weighted by Gasteiger charge is -2.17. The summed E-state index contributed by atoms with van der Waals surface area (Å²) in [5, 5.41) is 6.45. The molecule has 6 heteroatoms. The van der Waals surface area contributed by atoms with Gasteiger partial charge in [0.2, 0.25) is 0 Å². The number of hydrogen-bond donors (Lipinski definition) is 0. The third-order valence-corrected chi connectivity index (χ3v) is 12.7. The molecule has 4 nitrogen and oxygen atoms in total. The van der Waals surface area contributed by atoms with Crippen LogP contribution < -0.4 is 0 Å². The van der Waals surface area contributed by atoms with E-state index in [-0.39, 0.29) is 0 Å². The van der Waals surface area contributed by atoms with Gasteiger partial charge in [0.1, 0.15) is 0 Å². The second kappa shape index (κ2) is 11.5. The summed E-state index contributed by atoms with van der Waals surface area (Å²) in [4.78, 5) is 15.0. The molecule has 0 saturated carbocycles. The SMILES string of the molecule is CC1CC=Cc2c1c1ccccc1n2-c1cccc2sc3cc4sc5ccc(-c6nc(-c7ccccc7)nc(-c7ccccc7)n6)cc5c4cc3c12. The maximum absolute atomic E-state index is 5.03. The molecular weight excluding hydrogens is 673 g/mol. The first-order valence-corrected chi connectivity index (χ1v) is 19.3. The molecule has 0 aliphatic heterocycles. The molecule has 4 heterocycles. The number of nitrogens with zero attached hydrogens (tertiary/aromatic N) is 4. The Labute approximate surface area is 308 Å². The van der Waals surface area contributed by atoms with E-state index in [0.29, 0.717) is 23.4 Å². The molecule has 0 saturated heterocycles. The molecule has 0 radical (unpaired) electrons. The minimum atomic E-state index is 0.479. The first-order valence-electron chi connectivity index (χ1n) is 17.7. The van der Waals surface area contributed by atoms with Gasteiger partial charge in [0, 0.05) is 62.4 Å². The highest BCUT2D eigenvalue weighted by atomic mass is 32.1. The molecule has 1 aliphatic carbocycles. The Bertz CT molecular complexity index is 3000. The molecule has 0 fully saturated rings. The fourth-order valence-corrected chi connectivity index (χ4v) is 10.4. The third-order valence-electron chi connectivity index (χ3n) is 10.5. The van der Waals surface area contributed by atoms with Crippen molar-refractivity contribution in [2.45, 2.75) is 19.3 Å². The smallest absolute Gasteiger partial charge is 0.164 e. The molecule has 246 valence electrons. The highest BCUT2D eigenvalue weighted by Crippen LogP contribution is 2.46. The Morgan fingerprint density at radius 3 is 1.96 bits per heavy atom. The average Bonchev–Trinajstić information content (AvgIpc) is 3.86. The maximum atomic E-state index is 5.03. The van der Waals surface area contributed by atoms with E-state index in [9.17, 15) is 0 Å². The quantitative estimate of drug-likeness (QED) is 0.183. The Morgan fingerprint density at radius 1 is 0.538 bits per heavy atom.